The van der Waals surface area contributed by atoms with Crippen molar-refractivity contribution in [2.24, 2.45) is 0 Å². The number of nitrogens with zero attached hydrogens (tertiary/aromatic N) is 2. The smallest absolute Gasteiger partial charge is 0.224 e. The molecule has 0 aromatic carbocycles. The van der Waals surface area contributed by atoms with Crippen molar-refractivity contribution in [3.8, 4) is 0 Å². The maximum Gasteiger partial charge on any atom is 0.224 e. The molecule has 5 heteroatoms. The normalized spacial score (nSPS) is 21.8. The minimum absolute atomic E-state index is 0.429. The molecule has 1 aromatic rings. The van der Waals surface area contributed by atoms with E-state index in [4.69, 9.17) is 11.6 Å². The van der Waals surface area contributed by atoms with Gasteiger partial charge in [0.05, 0.1) is 0 Å². The van der Waals surface area contributed by atoms with Crippen LogP contribution < -0.4 is 10.6 Å². The fourth-order valence-corrected chi connectivity index (χ4v) is 1.50. The lowest BCUT2D eigenvalue weighted by Crippen LogP contribution is -2.23. The van der Waals surface area contributed by atoms with Gasteiger partial charge in [0, 0.05) is 18.8 Å². The Labute approximate surface area is 81.7 Å². The first-order valence-electron chi connectivity index (χ1n) is 4.30. The molecule has 1 saturated heterocycles. The molecule has 1 atom stereocenters. The Hall–Kier alpha value is -0.870. The van der Waals surface area contributed by atoms with Gasteiger partial charge >= 0.3 is 0 Å². The van der Waals surface area contributed by atoms with Crippen LogP contribution in [-0.4, -0.2) is 29.1 Å². The Kier molecular flexibility index (Phi) is 2.61. The van der Waals surface area contributed by atoms with Gasteiger partial charge in [-0.25, -0.2) is 9.97 Å². The van der Waals surface area contributed by atoms with Crippen molar-refractivity contribution in [2.75, 3.05) is 18.4 Å². The van der Waals surface area contributed by atoms with Gasteiger partial charge in [-0.2, -0.15) is 0 Å². The SMILES string of the molecule is Clc1ccnc(N[C@@H]2CCNC2)n1. The van der Waals surface area contributed by atoms with E-state index in [-0.39, 0.29) is 0 Å². The molecular formula is C8H11ClN4. The van der Waals surface area contributed by atoms with Gasteiger partial charge in [0.2, 0.25) is 5.95 Å². The van der Waals surface area contributed by atoms with Crippen LogP contribution in [0.25, 0.3) is 0 Å². The summed E-state index contributed by atoms with van der Waals surface area (Å²) in [7, 11) is 0. The van der Waals surface area contributed by atoms with Crippen molar-refractivity contribution >= 4 is 17.5 Å². The first kappa shape index (κ1) is 8.72. The third-order valence-corrected chi connectivity index (χ3v) is 2.23. The van der Waals surface area contributed by atoms with Crippen LogP contribution in [0.4, 0.5) is 5.95 Å². The van der Waals surface area contributed by atoms with Crippen molar-refractivity contribution < 1.29 is 0 Å². The molecule has 2 heterocycles. The molecule has 0 saturated carbocycles. The highest BCUT2D eigenvalue weighted by atomic mass is 35.5. The Balaban J connectivity index is 2.00. The predicted octanol–water partition coefficient (Wildman–Crippen LogP) is 0.904. The van der Waals surface area contributed by atoms with Crippen LogP contribution in [0.1, 0.15) is 6.42 Å². The van der Waals surface area contributed by atoms with Crippen LogP contribution in [0, 0.1) is 0 Å². The van der Waals surface area contributed by atoms with E-state index in [9.17, 15) is 0 Å². The number of nitrogens with one attached hydrogen (secondary N) is 2. The standard InChI is InChI=1S/C8H11ClN4/c9-7-2-4-11-8(13-7)12-6-1-3-10-5-6/h2,4,6,10H,1,3,5H2,(H,11,12,13)/t6-/m1/s1. The summed E-state index contributed by atoms with van der Waals surface area (Å²) in [6, 6.07) is 2.10. The van der Waals surface area contributed by atoms with Gasteiger partial charge in [0.15, 0.2) is 0 Å². The van der Waals surface area contributed by atoms with Crippen molar-refractivity contribution in [3.05, 3.63) is 17.4 Å². The zero-order chi connectivity index (χ0) is 9.10. The van der Waals surface area contributed by atoms with Gasteiger partial charge in [-0.1, -0.05) is 11.6 Å². The summed E-state index contributed by atoms with van der Waals surface area (Å²) in [5, 5.41) is 6.94. The number of hydrogen-bond acceptors (Lipinski definition) is 4. The quantitative estimate of drug-likeness (QED) is 0.694. The molecule has 0 bridgehead atoms. The summed E-state index contributed by atoms with van der Waals surface area (Å²) in [5.41, 5.74) is 0. The van der Waals surface area contributed by atoms with Crippen LogP contribution in [0.3, 0.4) is 0 Å². The van der Waals surface area contributed by atoms with Crippen LogP contribution in [0.5, 0.6) is 0 Å². The fraction of sp³-hybridized carbons (Fsp3) is 0.500. The van der Waals surface area contributed by atoms with Gasteiger partial charge in [-0.3, -0.25) is 0 Å². The third kappa shape index (κ3) is 2.29. The maximum absolute atomic E-state index is 5.72. The lowest BCUT2D eigenvalue weighted by Gasteiger charge is -2.10. The second kappa shape index (κ2) is 3.89. The van der Waals surface area contributed by atoms with Crippen molar-refractivity contribution in [1.29, 1.82) is 0 Å². The van der Waals surface area contributed by atoms with Crippen molar-refractivity contribution in [2.45, 2.75) is 12.5 Å². The molecule has 1 aliphatic heterocycles. The lowest BCUT2D eigenvalue weighted by atomic mass is 10.3. The molecule has 2 rings (SSSR count). The van der Waals surface area contributed by atoms with E-state index in [0.29, 0.717) is 17.1 Å². The zero-order valence-corrected chi connectivity index (χ0v) is 7.88. The average molecular weight is 199 g/mol. The number of rotatable bonds is 2. The topological polar surface area (TPSA) is 49.8 Å². The molecule has 1 aromatic heterocycles. The highest BCUT2D eigenvalue weighted by molar-refractivity contribution is 6.29. The van der Waals surface area contributed by atoms with Gasteiger partial charge in [0.25, 0.3) is 0 Å². The third-order valence-electron chi connectivity index (χ3n) is 2.02. The fourth-order valence-electron chi connectivity index (χ4n) is 1.37. The molecule has 0 radical (unpaired) electrons. The van der Waals surface area contributed by atoms with E-state index in [1.54, 1.807) is 12.3 Å². The summed E-state index contributed by atoms with van der Waals surface area (Å²) in [6.45, 7) is 2.02. The molecule has 0 spiro atoms. The van der Waals surface area contributed by atoms with Crippen molar-refractivity contribution in [1.82, 2.24) is 15.3 Å². The van der Waals surface area contributed by atoms with Crippen LogP contribution in [-0.2, 0) is 0 Å². The second-order valence-electron chi connectivity index (χ2n) is 3.04. The lowest BCUT2D eigenvalue weighted by molar-refractivity contribution is 0.780. The first-order valence-corrected chi connectivity index (χ1v) is 4.68. The molecule has 70 valence electrons. The highest BCUT2D eigenvalue weighted by Crippen LogP contribution is 2.09. The summed E-state index contributed by atoms with van der Waals surface area (Å²) in [6.07, 6.45) is 2.76. The molecule has 13 heavy (non-hydrogen) atoms. The number of halogens is 1. The molecule has 0 amide bonds. The molecule has 4 nitrogen and oxygen atoms in total. The maximum atomic E-state index is 5.72. The van der Waals surface area contributed by atoms with Crippen molar-refractivity contribution in [3.63, 3.8) is 0 Å². The second-order valence-corrected chi connectivity index (χ2v) is 3.42. The molecule has 2 N–H and O–H groups in total. The Morgan fingerprint density at radius 3 is 3.23 bits per heavy atom. The van der Waals surface area contributed by atoms with Crippen LogP contribution in [0.2, 0.25) is 5.15 Å². The monoisotopic (exact) mass is 198 g/mol. The van der Waals surface area contributed by atoms with Gasteiger partial charge in [0.1, 0.15) is 5.15 Å². The molecule has 1 aliphatic rings. The van der Waals surface area contributed by atoms with Crippen LogP contribution in [0.15, 0.2) is 12.3 Å². The Bertz CT molecular complexity index is 285. The average Bonchev–Trinajstić information content (AvgIpc) is 2.57. The highest BCUT2D eigenvalue weighted by Gasteiger charge is 2.14. The van der Waals surface area contributed by atoms with E-state index in [1.165, 1.54) is 0 Å². The van der Waals surface area contributed by atoms with E-state index >= 15 is 0 Å². The Morgan fingerprint density at radius 2 is 2.54 bits per heavy atom. The molecule has 0 unspecified atom stereocenters. The number of anilines is 1. The number of hydrogen-bond donors (Lipinski definition) is 2. The van der Waals surface area contributed by atoms with E-state index < -0.39 is 0 Å². The predicted molar refractivity (Wildman–Crippen MR) is 51.9 cm³/mol. The van der Waals surface area contributed by atoms with E-state index in [0.717, 1.165) is 19.5 Å². The molecule has 0 aliphatic carbocycles. The van der Waals surface area contributed by atoms with Crippen LogP contribution >= 0.6 is 11.6 Å². The van der Waals surface area contributed by atoms with Gasteiger partial charge in [-0.05, 0) is 19.0 Å². The largest absolute Gasteiger partial charge is 0.350 e. The zero-order valence-electron chi connectivity index (χ0n) is 7.13. The molecular weight excluding hydrogens is 188 g/mol. The van der Waals surface area contributed by atoms with E-state index in [1.807, 2.05) is 0 Å². The summed E-state index contributed by atoms with van der Waals surface area (Å²) in [5.74, 6) is 0.612. The minimum atomic E-state index is 0.429. The first-order chi connectivity index (χ1) is 6.34. The van der Waals surface area contributed by atoms with Gasteiger partial charge < -0.3 is 10.6 Å². The number of aromatic nitrogens is 2. The minimum Gasteiger partial charge on any atom is -0.350 e. The summed E-state index contributed by atoms with van der Waals surface area (Å²) in [4.78, 5) is 8.12. The van der Waals surface area contributed by atoms with E-state index in [2.05, 4.69) is 20.6 Å². The summed E-state index contributed by atoms with van der Waals surface area (Å²) < 4.78 is 0. The molecule has 1 fully saturated rings. The Morgan fingerprint density at radius 1 is 1.62 bits per heavy atom. The van der Waals surface area contributed by atoms with Gasteiger partial charge in [-0.15, -0.1) is 0 Å². The summed E-state index contributed by atoms with van der Waals surface area (Å²) >= 11 is 5.72.